The lowest BCUT2D eigenvalue weighted by Gasteiger charge is -2.33. The van der Waals surface area contributed by atoms with Crippen LogP contribution in [0.5, 0.6) is 5.75 Å². The average Bonchev–Trinajstić information content (AvgIpc) is 3.35. The first-order chi connectivity index (χ1) is 17.5. The van der Waals surface area contributed by atoms with Gasteiger partial charge in [-0.05, 0) is 40.8 Å². The molecular weight excluding hydrogens is 575 g/mol. The van der Waals surface area contributed by atoms with Crippen molar-refractivity contribution in [1.82, 2.24) is 20.6 Å². The molecule has 0 saturated heterocycles. The number of carbonyl (C=O) groups excluding carboxylic acids is 1. The zero-order valence-corrected chi connectivity index (χ0v) is 21.0. The molecule has 2 N–H and O–H groups in total. The first-order valence-electron chi connectivity index (χ1n) is 10.8. The minimum absolute atomic E-state index is 0.0828. The third-order valence-electron chi connectivity index (χ3n) is 5.59. The van der Waals surface area contributed by atoms with Crippen LogP contribution in [0.1, 0.15) is 25.7 Å². The van der Waals surface area contributed by atoms with Gasteiger partial charge in [0.2, 0.25) is 0 Å². The van der Waals surface area contributed by atoms with Crippen molar-refractivity contribution in [2.45, 2.75) is 4.05 Å². The van der Waals surface area contributed by atoms with Gasteiger partial charge in [0.1, 0.15) is 21.2 Å². The first kappa shape index (κ1) is 23.5. The summed E-state index contributed by atoms with van der Waals surface area (Å²) >= 11 is 2.17. The van der Waals surface area contributed by atoms with E-state index in [1.54, 1.807) is 41.4 Å². The fraction of sp³-hybridized carbons (Fsp3) is 0.0800. The molecule has 11 heteroatoms. The van der Waals surface area contributed by atoms with Crippen LogP contribution < -0.4 is 10.2 Å². The lowest BCUT2D eigenvalue weighted by molar-refractivity contribution is -0.384. The molecule has 1 aliphatic heterocycles. The molecular formula is C25H19IN6O4. The second-order valence-electron chi connectivity index (χ2n) is 7.82. The van der Waals surface area contributed by atoms with Gasteiger partial charge in [0.05, 0.1) is 17.7 Å². The minimum Gasteiger partial charge on any atom is -0.497 e. The summed E-state index contributed by atoms with van der Waals surface area (Å²) in [5, 5.41) is 20.6. The van der Waals surface area contributed by atoms with Crippen molar-refractivity contribution in [3.8, 4) is 17.0 Å². The van der Waals surface area contributed by atoms with Crippen molar-refractivity contribution in [1.29, 1.82) is 0 Å². The van der Waals surface area contributed by atoms with Gasteiger partial charge in [-0.15, -0.1) is 0 Å². The molecule has 0 radical (unpaired) electrons. The SMILES string of the molecule is COc1cccc(C(=O)NN2C(c3cccc([N+](=O)[O-])c3)=Nc3c(-c4ccccc4)n[nH]c3C2I)c1. The summed E-state index contributed by atoms with van der Waals surface area (Å²) in [5.74, 6) is 0.503. The molecule has 10 nitrogen and oxygen atoms in total. The minimum atomic E-state index is -0.466. The summed E-state index contributed by atoms with van der Waals surface area (Å²) in [6, 6.07) is 22.5. The highest BCUT2D eigenvalue weighted by Crippen LogP contribution is 2.43. The number of hydrogen-bond acceptors (Lipinski definition) is 7. The third-order valence-corrected chi connectivity index (χ3v) is 6.77. The number of aromatic nitrogens is 2. The maximum absolute atomic E-state index is 13.2. The van der Waals surface area contributed by atoms with Gasteiger partial charge in [0.15, 0.2) is 5.84 Å². The maximum Gasteiger partial charge on any atom is 0.270 e. The second kappa shape index (κ2) is 9.77. The van der Waals surface area contributed by atoms with Crippen LogP contribution in [0.25, 0.3) is 11.3 Å². The number of halogens is 1. The molecule has 1 aliphatic rings. The number of carbonyl (C=O) groups is 1. The number of amidine groups is 1. The number of aliphatic imine (C=N–C) groups is 1. The molecule has 1 unspecified atom stereocenters. The number of nitrogens with one attached hydrogen (secondary N) is 2. The number of H-pyrrole nitrogens is 1. The quantitative estimate of drug-likeness (QED) is 0.104. The van der Waals surface area contributed by atoms with E-state index in [1.807, 2.05) is 30.3 Å². The van der Waals surface area contributed by atoms with Crippen molar-refractivity contribution in [2.24, 2.45) is 4.99 Å². The number of hydrogen-bond donors (Lipinski definition) is 2. The number of ether oxygens (including phenoxy) is 1. The van der Waals surface area contributed by atoms with E-state index in [1.165, 1.54) is 19.2 Å². The average molecular weight is 594 g/mol. The van der Waals surface area contributed by atoms with Crippen LogP contribution in [-0.2, 0) is 0 Å². The Morgan fingerprint density at radius 2 is 1.83 bits per heavy atom. The number of benzene rings is 3. The van der Waals surface area contributed by atoms with Crippen LogP contribution in [0.3, 0.4) is 0 Å². The number of alkyl halides is 1. The molecule has 0 aliphatic carbocycles. The van der Waals surface area contributed by atoms with Crippen LogP contribution in [-0.4, -0.2) is 39.0 Å². The lowest BCUT2D eigenvalue weighted by Crippen LogP contribution is -2.48. The summed E-state index contributed by atoms with van der Waals surface area (Å²) in [4.78, 5) is 29.1. The van der Waals surface area contributed by atoms with Gasteiger partial charge in [0, 0.05) is 28.8 Å². The van der Waals surface area contributed by atoms with Crippen LogP contribution in [0, 0.1) is 10.1 Å². The Kier molecular flexibility index (Phi) is 6.38. The van der Waals surface area contributed by atoms with Crippen molar-refractivity contribution in [2.75, 3.05) is 7.11 Å². The molecule has 0 spiro atoms. The number of amides is 1. The molecule has 1 aromatic heterocycles. The standard InChI is InChI=1S/C25H19IN6O4/c1-36-19-12-6-10-17(14-19)25(33)30-31-23(26)22-21(20(28-29-22)15-7-3-2-4-8-15)27-24(31)16-9-5-11-18(13-16)32(34)35/h2-14,23H,1H3,(H,28,29)(H,30,33). The van der Waals surface area contributed by atoms with Crippen LogP contribution in [0.4, 0.5) is 11.4 Å². The Morgan fingerprint density at radius 1 is 1.08 bits per heavy atom. The topological polar surface area (TPSA) is 126 Å². The van der Waals surface area contributed by atoms with E-state index in [0.29, 0.717) is 39.8 Å². The molecule has 1 atom stereocenters. The van der Waals surface area contributed by atoms with Crippen molar-refractivity contribution in [3.63, 3.8) is 0 Å². The number of aromatic amines is 1. The lowest BCUT2D eigenvalue weighted by atomic mass is 10.1. The number of rotatable bonds is 6. The van der Waals surface area contributed by atoms with Gasteiger partial charge in [-0.3, -0.25) is 25.4 Å². The summed E-state index contributed by atoms with van der Waals surface area (Å²) in [6.45, 7) is 0. The highest BCUT2D eigenvalue weighted by molar-refractivity contribution is 14.1. The predicted octanol–water partition coefficient (Wildman–Crippen LogP) is 5.17. The molecule has 0 saturated carbocycles. The highest BCUT2D eigenvalue weighted by Gasteiger charge is 2.34. The smallest absolute Gasteiger partial charge is 0.270 e. The van der Waals surface area contributed by atoms with Gasteiger partial charge < -0.3 is 4.74 Å². The number of hydrazine groups is 1. The fourth-order valence-electron chi connectivity index (χ4n) is 3.83. The van der Waals surface area contributed by atoms with Gasteiger partial charge in [-0.25, -0.2) is 10.0 Å². The Morgan fingerprint density at radius 3 is 2.58 bits per heavy atom. The molecule has 1 amide bonds. The number of nitro benzene ring substituents is 1. The van der Waals surface area contributed by atoms with E-state index in [-0.39, 0.29) is 11.6 Å². The number of non-ortho nitro benzene ring substituents is 1. The monoisotopic (exact) mass is 594 g/mol. The van der Waals surface area contributed by atoms with Crippen LogP contribution in [0.2, 0.25) is 0 Å². The molecule has 0 fully saturated rings. The number of methoxy groups -OCH3 is 1. The zero-order chi connectivity index (χ0) is 25.2. The highest BCUT2D eigenvalue weighted by atomic mass is 127. The van der Waals surface area contributed by atoms with E-state index < -0.39 is 8.97 Å². The fourth-order valence-corrected chi connectivity index (χ4v) is 4.67. The Labute approximate surface area is 219 Å². The summed E-state index contributed by atoms with van der Waals surface area (Å²) in [5.41, 5.74) is 6.50. The number of nitro groups is 1. The van der Waals surface area contributed by atoms with E-state index >= 15 is 0 Å². The molecule has 0 bridgehead atoms. The second-order valence-corrected chi connectivity index (χ2v) is 9.00. The van der Waals surface area contributed by atoms with Crippen molar-refractivity contribution < 1.29 is 14.5 Å². The number of fused-ring (bicyclic) bond motifs is 1. The molecule has 36 heavy (non-hydrogen) atoms. The molecule has 2 heterocycles. The predicted molar refractivity (Wildman–Crippen MR) is 142 cm³/mol. The van der Waals surface area contributed by atoms with E-state index in [9.17, 15) is 14.9 Å². The zero-order valence-electron chi connectivity index (χ0n) is 18.9. The molecule has 5 rings (SSSR count). The first-order valence-corrected chi connectivity index (χ1v) is 12.1. The maximum atomic E-state index is 13.2. The van der Waals surface area contributed by atoms with Crippen molar-refractivity contribution in [3.05, 3.63) is 106 Å². The Balaban J connectivity index is 1.61. The molecule has 180 valence electrons. The van der Waals surface area contributed by atoms with Gasteiger partial charge in [-0.1, -0.05) is 48.5 Å². The normalized spacial score (nSPS) is 14.6. The van der Waals surface area contributed by atoms with E-state index in [4.69, 9.17) is 9.73 Å². The number of nitrogens with zero attached hydrogens (tertiary/aromatic N) is 4. The van der Waals surface area contributed by atoms with Gasteiger partial charge in [-0.2, -0.15) is 5.10 Å². The molecule has 3 aromatic carbocycles. The van der Waals surface area contributed by atoms with Crippen molar-refractivity contribution >= 4 is 45.7 Å². The van der Waals surface area contributed by atoms with E-state index in [2.05, 4.69) is 38.2 Å². The van der Waals surface area contributed by atoms with Crippen LogP contribution in [0.15, 0.2) is 83.9 Å². The largest absolute Gasteiger partial charge is 0.497 e. The van der Waals surface area contributed by atoms with E-state index in [0.717, 1.165) is 5.56 Å². The summed E-state index contributed by atoms with van der Waals surface area (Å²) < 4.78 is 4.80. The van der Waals surface area contributed by atoms with Crippen LogP contribution >= 0.6 is 22.6 Å². The Hall–Kier alpha value is -4.26. The summed E-state index contributed by atoms with van der Waals surface area (Å²) in [7, 11) is 1.53. The molecule has 4 aromatic rings. The van der Waals surface area contributed by atoms with Gasteiger partial charge in [0.25, 0.3) is 11.6 Å². The Bertz CT molecular complexity index is 1490. The van der Waals surface area contributed by atoms with Gasteiger partial charge >= 0.3 is 0 Å². The summed E-state index contributed by atoms with van der Waals surface area (Å²) in [6.07, 6.45) is 0. The third kappa shape index (κ3) is 4.40.